The summed E-state index contributed by atoms with van der Waals surface area (Å²) in [6.07, 6.45) is -22.1. The van der Waals surface area contributed by atoms with Gasteiger partial charge >= 0.3 is 48.3 Å². The van der Waals surface area contributed by atoms with E-state index in [4.69, 9.17) is 18.9 Å². The van der Waals surface area contributed by atoms with E-state index in [1.807, 2.05) is 0 Å². The van der Waals surface area contributed by atoms with Gasteiger partial charge in [-0.3, -0.25) is 18.9 Å². The van der Waals surface area contributed by atoms with Crippen LogP contribution in [0.1, 0.15) is 120 Å². The van der Waals surface area contributed by atoms with E-state index >= 15 is 0 Å². The van der Waals surface area contributed by atoms with Crippen molar-refractivity contribution in [1.29, 1.82) is 10.5 Å². The number of carbonyl (C=O) groups excluding carboxylic acids is 2. The standard InChI is InChI=1S/2C34H31F6N5O4/c2*1-23(25-16-27(33(35,36)37)18-28(17-25)34(38,39)40)49-21-32(26-10-6-3-7-11-26)13-12-31(14-15-41,45-22-42-43-29(45)46)20-44(32)30(47)48-19-24-8-4-2-5-9-24/h2*2-11,16-18,22-23H,12-14,19-21H2,1H3,(H,43,46)/t2*23-,31-,32-/m11/s1. The number of carbonyl (C=O) groups is 2. The zero-order valence-corrected chi connectivity index (χ0v) is 52.2. The van der Waals surface area contributed by atoms with E-state index in [1.165, 1.54) is 45.4 Å². The zero-order valence-electron chi connectivity index (χ0n) is 52.2. The largest absolute Gasteiger partial charge is 0.445 e. The molecular weight excluding hydrogens is 1310 g/mol. The van der Waals surface area contributed by atoms with E-state index in [0.717, 1.165) is 0 Å². The van der Waals surface area contributed by atoms with Crippen molar-refractivity contribution in [3.8, 4) is 12.1 Å². The smallest absolute Gasteiger partial charge is 0.416 e. The van der Waals surface area contributed by atoms with Crippen molar-refractivity contribution in [1.82, 2.24) is 39.3 Å². The normalized spacial score (nSPS) is 20.4. The highest BCUT2D eigenvalue weighted by Crippen LogP contribution is 2.49. The van der Waals surface area contributed by atoms with Crippen LogP contribution >= 0.6 is 0 Å². The van der Waals surface area contributed by atoms with Gasteiger partial charge < -0.3 is 18.9 Å². The number of nitriles is 2. The van der Waals surface area contributed by atoms with Crippen LogP contribution < -0.4 is 11.4 Å². The molecule has 0 aliphatic carbocycles. The number of nitrogens with one attached hydrogen (secondary N) is 2. The second-order valence-corrected chi connectivity index (χ2v) is 23.8. The van der Waals surface area contributed by atoms with Crippen LogP contribution in [0.2, 0.25) is 0 Å². The third-order valence-corrected chi connectivity index (χ3v) is 17.7. The Labute approximate surface area is 551 Å². The SMILES string of the molecule is C[C@@H](OC[C@@]1(c2ccccc2)CC[C@](CC#N)(n2cn[nH]c2=O)CN1C(=O)OCc1ccccc1)c1cc(C(F)(F)F)cc(C(F)(F)F)c1.C[C@@H](OC[C@@]1(c2ccccc2)CC[C@](CC#N)(n2cn[nH]c2=O)CN1C(=O)OCc1ccccc1)c1cc(C(F)(F)F)cc(C(F)(F)F)c1. The van der Waals surface area contributed by atoms with Gasteiger partial charge in [0.1, 0.15) is 25.9 Å². The molecule has 2 aliphatic heterocycles. The molecule has 0 bridgehead atoms. The van der Waals surface area contributed by atoms with Crippen molar-refractivity contribution in [3.63, 3.8) is 0 Å². The molecule has 2 amide bonds. The summed E-state index contributed by atoms with van der Waals surface area (Å²) in [6.45, 7) is 1.09. The quantitative estimate of drug-likeness (QED) is 0.0765. The number of piperidine rings is 2. The lowest BCUT2D eigenvalue weighted by Crippen LogP contribution is -2.63. The summed E-state index contributed by atoms with van der Waals surface area (Å²) in [4.78, 5) is 56.5. The Bertz CT molecular complexity index is 3920. The number of alkyl halides is 12. The molecule has 2 saturated heterocycles. The van der Waals surface area contributed by atoms with E-state index in [-0.39, 0.29) is 101 Å². The summed E-state index contributed by atoms with van der Waals surface area (Å²) in [6, 6.07) is 41.4. The van der Waals surface area contributed by atoms with Crippen LogP contribution in [0, 0.1) is 22.7 Å². The topological polar surface area (TPSA) is 226 Å². The molecule has 2 N–H and O–H groups in total. The average molecular weight is 1380 g/mol. The number of ether oxygens (including phenoxy) is 4. The van der Waals surface area contributed by atoms with Crippen molar-refractivity contribution in [3.05, 3.63) is 247 Å². The maximum absolute atomic E-state index is 14.1. The number of hydrogen-bond donors (Lipinski definition) is 2. The molecule has 10 rings (SSSR count). The van der Waals surface area contributed by atoms with Crippen molar-refractivity contribution in [2.24, 2.45) is 0 Å². The van der Waals surface area contributed by atoms with Crippen molar-refractivity contribution < 1.29 is 81.2 Å². The Morgan fingerprint density at radius 2 is 0.796 bits per heavy atom. The van der Waals surface area contributed by atoms with Crippen LogP contribution in [0.3, 0.4) is 0 Å². The van der Waals surface area contributed by atoms with E-state index in [2.05, 4.69) is 32.5 Å². The first-order valence-electron chi connectivity index (χ1n) is 30.3. The molecule has 0 unspecified atom stereocenters. The number of likely N-dealkylation sites (tertiary alicyclic amines) is 2. The van der Waals surface area contributed by atoms with Gasteiger partial charge in [-0.25, -0.2) is 29.4 Å². The molecule has 2 aliphatic rings. The summed E-state index contributed by atoms with van der Waals surface area (Å²) < 4.78 is 190. The van der Waals surface area contributed by atoms with Gasteiger partial charge in [0, 0.05) is 13.1 Å². The Morgan fingerprint density at radius 3 is 1.07 bits per heavy atom. The van der Waals surface area contributed by atoms with Gasteiger partial charge in [-0.15, -0.1) is 0 Å². The predicted octanol–water partition coefficient (Wildman–Crippen LogP) is 14.6. The number of aromatic amines is 2. The fourth-order valence-electron chi connectivity index (χ4n) is 12.3. The van der Waals surface area contributed by atoms with Crippen LogP contribution in [-0.4, -0.2) is 77.8 Å². The van der Waals surface area contributed by atoms with E-state index in [1.54, 1.807) is 121 Å². The van der Waals surface area contributed by atoms with Gasteiger partial charge in [-0.2, -0.15) is 73.4 Å². The van der Waals surface area contributed by atoms with E-state index < -0.39 is 105 Å². The molecule has 2 aromatic heterocycles. The lowest BCUT2D eigenvalue weighted by atomic mass is 9.73. The Kier molecular flexibility index (Phi) is 21.5. The molecule has 4 heterocycles. The first-order chi connectivity index (χ1) is 46.4. The maximum Gasteiger partial charge on any atom is 0.416 e. The lowest BCUT2D eigenvalue weighted by Gasteiger charge is -2.53. The van der Waals surface area contributed by atoms with Crippen molar-refractivity contribution in [2.75, 3.05) is 26.3 Å². The molecule has 6 aromatic carbocycles. The summed E-state index contributed by atoms with van der Waals surface area (Å²) in [5.74, 6) is 0. The first-order valence-corrected chi connectivity index (χ1v) is 30.3. The first kappa shape index (κ1) is 72.1. The molecule has 0 saturated carbocycles. The summed E-state index contributed by atoms with van der Waals surface area (Å²) in [5.41, 5.74) is -10.8. The number of hydrogen-bond acceptors (Lipinski definition) is 12. The number of nitrogens with zero attached hydrogens (tertiary/aromatic N) is 8. The molecule has 30 heteroatoms. The highest BCUT2D eigenvalue weighted by atomic mass is 19.4. The third-order valence-electron chi connectivity index (χ3n) is 17.7. The Hall–Kier alpha value is -10.2. The highest BCUT2D eigenvalue weighted by Gasteiger charge is 2.55. The van der Waals surface area contributed by atoms with Crippen LogP contribution in [0.15, 0.2) is 180 Å². The molecule has 0 radical (unpaired) electrons. The van der Waals surface area contributed by atoms with Gasteiger partial charge in [0.15, 0.2) is 0 Å². The third kappa shape index (κ3) is 16.1. The minimum absolute atomic E-state index is 0.0415. The molecular formula is C68H62F12N10O8. The van der Waals surface area contributed by atoms with Crippen LogP contribution in [0.5, 0.6) is 0 Å². The van der Waals surface area contributed by atoms with E-state index in [9.17, 15) is 82.4 Å². The van der Waals surface area contributed by atoms with Gasteiger partial charge in [0.2, 0.25) is 0 Å². The second kappa shape index (κ2) is 29.3. The molecule has 98 heavy (non-hydrogen) atoms. The number of H-pyrrole nitrogens is 2. The molecule has 2 fully saturated rings. The molecule has 516 valence electrons. The second-order valence-electron chi connectivity index (χ2n) is 23.8. The lowest BCUT2D eigenvalue weighted by molar-refractivity contribution is -0.145. The number of aromatic nitrogens is 6. The monoisotopic (exact) mass is 1370 g/mol. The van der Waals surface area contributed by atoms with Gasteiger partial charge in [-0.05, 0) is 109 Å². The molecule has 0 spiro atoms. The number of amides is 2. The number of halogens is 12. The summed E-state index contributed by atoms with van der Waals surface area (Å²) >= 11 is 0. The Morgan fingerprint density at radius 1 is 0.490 bits per heavy atom. The van der Waals surface area contributed by atoms with Crippen molar-refractivity contribution >= 4 is 12.2 Å². The zero-order chi connectivity index (χ0) is 70.9. The fraction of sp³-hybridized carbons (Fsp3) is 0.353. The van der Waals surface area contributed by atoms with Gasteiger partial charge in [0.25, 0.3) is 0 Å². The summed E-state index contributed by atoms with van der Waals surface area (Å²) in [5, 5.41) is 31.9. The van der Waals surface area contributed by atoms with Crippen LogP contribution in [0.25, 0.3) is 0 Å². The van der Waals surface area contributed by atoms with E-state index in [0.29, 0.717) is 46.5 Å². The number of rotatable bonds is 18. The minimum Gasteiger partial charge on any atom is -0.445 e. The predicted molar refractivity (Wildman–Crippen MR) is 325 cm³/mol. The van der Waals surface area contributed by atoms with Crippen LogP contribution in [-0.2, 0) is 79.0 Å². The fourth-order valence-corrected chi connectivity index (χ4v) is 12.3. The van der Waals surface area contributed by atoms with Gasteiger partial charge in [-0.1, -0.05) is 121 Å². The minimum atomic E-state index is -5.06. The van der Waals surface area contributed by atoms with Gasteiger partial charge in [0.05, 0.1) is 94.8 Å². The van der Waals surface area contributed by atoms with Crippen LogP contribution in [0.4, 0.5) is 62.3 Å². The molecule has 8 aromatic rings. The molecule has 6 atom stereocenters. The van der Waals surface area contributed by atoms with Crippen molar-refractivity contribution in [2.45, 2.75) is 125 Å². The summed E-state index contributed by atoms with van der Waals surface area (Å²) in [7, 11) is 0. The molecule has 18 nitrogen and oxygen atoms in total. The Balaban J connectivity index is 0.000000229. The maximum atomic E-state index is 14.1. The highest BCUT2D eigenvalue weighted by molar-refractivity contribution is 5.71. The number of benzene rings is 6. The average Bonchev–Trinajstić information content (AvgIpc) is 1.09.